The van der Waals surface area contributed by atoms with Crippen molar-refractivity contribution in [1.82, 2.24) is 10.3 Å². The molecule has 22 heavy (non-hydrogen) atoms. The molecular weight excluding hydrogens is 284 g/mol. The molecule has 1 aromatic heterocycles. The molecule has 2 saturated heterocycles. The van der Waals surface area contributed by atoms with Crippen LogP contribution in [0.1, 0.15) is 19.3 Å². The second kappa shape index (κ2) is 7.42. The van der Waals surface area contributed by atoms with Gasteiger partial charge in [0, 0.05) is 25.8 Å². The Bertz CT molecular complexity index is 499. The van der Waals surface area contributed by atoms with Crippen LogP contribution in [-0.2, 0) is 9.47 Å². The summed E-state index contributed by atoms with van der Waals surface area (Å²) in [6.45, 7) is 3.44. The van der Waals surface area contributed by atoms with Gasteiger partial charge in [0.15, 0.2) is 5.82 Å². The lowest BCUT2D eigenvalue weighted by molar-refractivity contribution is -0.136. The van der Waals surface area contributed by atoms with Gasteiger partial charge in [-0.25, -0.2) is 9.78 Å². The van der Waals surface area contributed by atoms with E-state index in [2.05, 4.69) is 20.5 Å². The van der Waals surface area contributed by atoms with Crippen molar-refractivity contribution in [1.29, 1.82) is 0 Å². The molecule has 0 bridgehead atoms. The zero-order valence-electron chi connectivity index (χ0n) is 12.6. The van der Waals surface area contributed by atoms with E-state index in [4.69, 9.17) is 9.47 Å². The highest BCUT2D eigenvalue weighted by atomic mass is 16.7. The number of urea groups is 1. The summed E-state index contributed by atoms with van der Waals surface area (Å²) >= 11 is 0. The molecule has 0 radical (unpaired) electrons. The van der Waals surface area contributed by atoms with E-state index in [1.165, 1.54) is 12.8 Å². The lowest BCUT2D eigenvalue weighted by Gasteiger charge is -2.23. The maximum atomic E-state index is 12.1. The first-order chi connectivity index (χ1) is 10.8. The molecular formula is C15H22N4O3. The Morgan fingerprint density at radius 3 is 3.05 bits per heavy atom. The summed E-state index contributed by atoms with van der Waals surface area (Å²) in [7, 11) is 0. The van der Waals surface area contributed by atoms with Crippen molar-refractivity contribution in [3.63, 3.8) is 0 Å². The summed E-state index contributed by atoms with van der Waals surface area (Å²) in [6, 6.07) is 3.48. The van der Waals surface area contributed by atoms with Crippen LogP contribution in [0.3, 0.4) is 0 Å². The van der Waals surface area contributed by atoms with E-state index in [1.54, 1.807) is 6.20 Å². The van der Waals surface area contributed by atoms with Crippen LogP contribution < -0.4 is 15.5 Å². The fourth-order valence-electron chi connectivity index (χ4n) is 2.71. The molecule has 0 aromatic carbocycles. The number of amides is 2. The van der Waals surface area contributed by atoms with E-state index in [9.17, 15) is 4.79 Å². The summed E-state index contributed by atoms with van der Waals surface area (Å²) in [5, 5.41) is 5.73. The Morgan fingerprint density at radius 2 is 2.27 bits per heavy atom. The summed E-state index contributed by atoms with van der Waals surface area (Å²) in [4.78, 5) is 18.7. The van der Waals surface area contributed by atoms with Gasteiger partial charge in [-0.05, 0) is 31.4 Å². The molecule has 0 saturated carbocycles. The number of carbonyl (C=O) groups is 1. The first kappa shape index (κ1) is 15.1. The quantitative estimate of drug-likeness (QED) is 0.883. The van der Waals surface area contributed by atoms with Crippen LogP contribution in [0.25, 0.3) is 0 Å². The van der Waals surface area contributed by atoms with E-state index in [0.29, 0.717) is 19.9 Å². The van der Waals surface area contributed by atoms with Gasteiger partial charge < -0.3 is 25.0 Å². The van der Waals surface area contributed by atoms with Crippen LogP contribution in [0.2, 0.25) is 0 Å². The Kier molecular flexibility index (Phi) is 5.07. The van der Waals surface area contributed by atoms with Gasteiger partial charge in [0.25, 0.3) is 0 Å². The second-order valence-electron chi connectivity index (χ2n) is 5.51. The van der Waals surface area contributed by atoms with Gasteiger partial charge >= 0.3 is 6.03 Å². The molecule has 120 valence electrons. The van der Waals surface area contributed by atoms with Gasteiger partial charge in [-0.3, -0.25) is 0 Å². The molecule has 7 nitrogen and oxygen atoms in total. The average Bonchev–Trinajstić information content (AvgIpc) is 3.09. The molecule has 2 amide bonds. The number of ether oxygens (including phenoxy) is 2. The molecule has 2 aliphatic heterocycles. The molecule has 0 spiro atoms. The number of rotatable bonds is 4. The molecule has 1 aromatic rings. The molecule has 2 fully saturated rings. The largest absolute Gasteiger partial charge is 0.355 e. The van der Waals surface area contributed by atoms with Crippen molar-refractivity contribution in [2.24, 2.45) is 0 Å². The van der Waals surface area contributed by atoms with Gasteiger partial charge in [-0.2, -0.15) is 0 Å². The van der Waals surface area contributed by atoms with Gasteiger partial charge in [0.05, 0.1) is 18.4 Å². The van der Waals surface area contributed by atoms with E-state index in [0.717, 1.165) is 31.0 Å². The number of anilines is 2. The zero-order valence-corrected chi connectivity index (χ0v) is 12.6. The smallest absolute Gasteiger partial charge is 0.319 e. The maximum absolute atomic E-state index is 12.1. The third kappa shape index (κ3) is 3.86. The predicted octanol–water partition coefficient (Wildman–Crippen LogP) is 1.57. The minimum absolute atomic E-state index is 0.0199. The van der Waals surface area contributed by atoms with Crippen LogP contribution >= 0.6 is 0 Å². The van der Waals surface area contributed by atoms with E-state index >= 15 is 0 Å². The van der Waals surface area contributed by atoms with Crippen molar-refractivity contribution in [2.75, 3.05) is 43.3 Å². The van der Waals surface area contributed by atoms with E-state index < -0.39 is 0 Å². The van der Waals surface area contributed by atoms with E-state index in [1.807, 2.05) is 12.1 Å². The van der Waals surface area contributed by atoms with Gasteiger partial charge in [-0.1, -0.05) is 0 Å². The first-order valence-electron chi connectivity index (χ1n) is 7.77. The lowest BCUT2D eigenvalue weighted by atomic mass is 10.2. The number of carbonyl (C=O) groups excluding carboxylic acids is 1. The maximum Gasteiger partial charge on any atom is 0.319 e. The van der Waals surface area contributed by atoms with Gasteiger partial charge in [0.1, 0.15) is 6.79 Å². The number of pyridine rings is 1. The van der Waals surface area contributed by atoms with Crippen molar-refractivity contribution in [3.05, 3.63) is 18.3 Å². The average molecular weight is 306 g/mol. The molecule has 0 unspecified atom stereocenters. The minimum atomic E-state index is -0.233. The Morgan fingerprint density at radius 1 is 1.41 bits per heavy atom. The summed E-state index contributed by atoms with van der Waals surface area (Å²) < 4.78 is 10.5. The topological polar surface area (TPSA) is 75.7 Å². The second-order valence-corrected chi connectivity index (χ2v) is 5.51. The first-order valence-corrected chi connectivity index (χ1v) is 7.77. The highest BCUT2D eigenvalue weighted by molar-refractivity contribution is 5.92. The minimum Gasteiger partial charge on any atom is -0.355 e. The molecule has 2 aliphatic rings. The van der Waals surface area contributed by atoms with Crippen LogP contribution in [-0.4, -0.2) is 50.2 Å². The van der Waals surface area contributed by atoms with Crippen molar-refractivity contribution >= 4 is 17.5 Å². The number of hydrogen-bond acceptors (Lipinski definition) is 5. The molecule has 1 atom stereocenters. The summed E-state index contributed by atoms with van der Waals surface area (Å²) in [6.07, 6.45) is 4.91. The number of aromatic nitrogens is 1. The van der Waals surface area contributed by atoms with Crippen LogP contribution in [0.15, 0.2) is 18.3 Å². The third-order valence-corrected chi connectivity index (χ3v) is 3.90. The number of nitrogens with one attached hydrogen (secondary N) is 2. The molecule has 3 heterocycles. The van der Waals surface area contributed by atoms with Crippen LogP contribution in [0, 0.1) is 0 Å². The zero-order chi connectivity index (χ0) is 15.2. The predicted molar refractivity (Wildman–Crippen MR) is 83.0 cm³/mol. The molecule has 0 aliphatic carbocycles. The van der Waals surface area contributed by atoms with Gasteiger partial charge in [-0.15, -0.1) is 0 Å². The Labute approximate surface area is 130 Å². The normalized spacial score (nSPS) is 21.6. The molecule has 2 N–H and O–H groups in total. The van der Waals surface area contributed by atoms with E-state index in [-0.39, 0.29) is 12.1 Å². The summed E-state index contributed by atoms with van der Waals surface area (Å²) in [5.41, 5.74) is 0.745. The fraction of sp³-hybridized carbons (Fsp3) is 0.600. The van der Waals surface area contributed by atoms with Crippen molar-refractivity contribution < 1.29 is 14.3 Å². The van der Waals surface area contributed by atoms with Crippen LogP contribution in [0.5, 0.6) is 0 Å². The van der Waals surface area contributed by atoms with Crippen molar-refractivity contribution in [3.8, 4) is 0 Å². The molecule has 7 heteroatoms. The SMILES string of the molecule is O=C(NC[C@H]1CCOCO1)Nc1cccnc1N1CCCC1. The van der Waals surface area contributed by atoms with Crippen molar-refractivity contribution in [2.45, 2.75) is 25.4 Å². The lowest BCUT2D eigenvalue weighted by Crippen LogP contribution is -2.39. The summed E-state index contributed by atoms with van der Waals surface area (Å²) in [5.74, 6) is 0.845. The number of hydrogen-bond donors (Lipinski definition) is 2. The third-order valence-electron chi connectivity index (χ3n) is 3.90. The highest BCUT2D eigenvalue weighted by Gasteiger charge is 2.19. The standard InChI is InChI=1S/C15H22N4O3/c20-15(17-10-12-5-9-21-11-22-12)18-13-4-3-6-16-14(13)19-7-1-2-8-19/h3-4,6,12H,1-2,5,7-11H2,(H2,17,18,20)/t12-/m1/s1. The van der Waals surface area contributed by atoms with Gasteiger partial charge in [0.2, 0.25) is 0 Å². The number of nitrogens with zero attached hydrogens (tertiary/aromatic N) is 2. The highest BCUT2D eigenvalue weighted by Crippen LogP contribution is 2.25. The Balaban J connectivity index is 1.54. The van der Waals surface area contributed by atoms with Crippen LogP contribution in [0.4, 0.5) is 16.3 Å². The Hall–Kier alpha value is -1.86. The fourth-order valence-corrected chi connectivity index (χ4v) is 2.71. The molecule has 3 rings (SSSR count). The monoisotopic (exact) mass is 306 g/mol.